The summed E-state index contributed by atoms with van der Waals surface area (Å²) in [5.74, 6) is -0.248. The van der Waals surface area contributed by atoms with Crippen LogP contribution in [-0.2, 0) is 0 Å². The first kappa shape index (κ1) is 11.6. The van der Waals surface area contributed by atoms with Gasteiger partial charge in [0, 0.05) is 11.6 Å². The zero-order valence-corrected chi connectivity index (χ0v) is 10.4. The molecule has 1 aromatic carbocycles. The Balaban J connectivity index is 2.00. The zero-order chi connectivity index (χ0) is 12.5. The molecule has 0 aliphatic carbocycles. The van der Waals surface area contributed by atoms with Gasteiger partial charge in [-0.25, -0.2) is 9.37 Å². The Hall–Kier alpha value is -1.45. The Kier molecular flexibility index (Phi) is 3.02. The van der Waals surface area contributed by atoms with Crippen molar-refractivity contribution in [3.63, 3.8) is 0 Å². The van der Waals surface area contributed by atoms with E-state index >= 15 is 0 Å². The van der Waals surface area contributed by atoms with Crippen LogP contribution in [0.25, 0.3) is 11.3 Å². The molecule has 18 heavy (non-hydrogen) atoms. The van der Waals surface area contributed by atoms with Gasteiger partial charge in [0.2, 0.25) is 0 Å². The highest BCUT2D eigenvalue weighted by molar-refractivity contribution is 6.29. The van der Waals surface area contributed by atoms with Crippen LogP contribution in [0.2, 0.25) is 5.15 Å². The minimum Gasteiger partial charge on any atom is -0.310 e. The highest BCUT2D eigenvalue weighted by atomic mass is 35.5. The maximum Gasteiger partial charge on any atom is 0.130 e. The third-order valence-corrected chi connectivity index (χ3v) is 3.38. The molecule has 1 atom stereocenters. The SMILES string of the molecule is Fc1ccc(-c2cc(C3CCN3)cc(Cl)n2)cc1. The number of pyridine rings is 1. The van der Waals surface area contributed by atoms with Gasteiger partial charge in [-0.15, -0.1) is 0 Å². The summed E-state index contributed by atoms with van der Waals surface area (Å²) in [5.41, 5.74) is 2.80. The molecule has 1 N–H and O–H groups in total. The average molecular weight is 263 g/mol. The van der Waals surface area contributed by atoms with Crippen molar-refractivity contribution in [2.45, 2.75) is 12.5 Å². The van der Waals surface area contributed by atoms with Gasteiger partial charge in [0.05, 0.1) is 5.69 Å². The van der Waals surface area contributed by atoms with E-state index in [-0.39, 0.29) is 5.82 Å². The summed E-state index contributed by atoms with van der Waals surface area (Å²) >= 11 is 6.04. The molecule has 3 rings (SSSR count). The Labute approximate surface area is 110 Å². The minimum atomic E-state index is -0.248. The van der Waals surface area contributed by atoms with Gasteiger partial charge < -0.3 is 5.32 Å². The molecule has 1 aliphatic rings. The second kappa shape index (κ2) is 4.67. The summed E-state index contributed by atoms with van der Waals surface area (Å²) in [7, 11) is 0. The summed E-state index contributed by atoms with van der Waals surface area (Å²) in [4.78, 5) is 4.29. The first-order valence-electron chi connectivity index (χ1n) is 5.89. The van der Waals surface area contributed by atoms with Gasteiger partial charge in [0.1, 0.15) is 11.0 Å². The summed E-state index contributed by atoms with van der Waals surface area (Å²) < 4.78 is 12.9. The summed E-state index contributed by atoms with van der Waals surface area (Å²) in [6.45, 7) is 1.04. The molecule has 1 fully saturated rings. The highest BCUT2D eigenvalue weighted by Gasteiger charge is 2.19. The number of nitrogens with one attached hydrogen (secondary N) is 1. The first-order chi connectivity index (χ1) is 8.72. The van der Waals surface area contributed by atoms with E-state index in [4.69, 9.17) is 11.6 Å². The van der Waals surface area contributed by atoms with Crippen molar-refractivity contribution in [2.24, 2.45) is 0 Å². The Bertz CT molecular complexity index is 565. The van der Waals surface area contributed by atoms with Crippen LogP contribution in [-0.4, -0.2) is 11.5 Å². The summed E-state index contributed by atoms with van der Waals surface area (Å²) in [5, 5.41) is 3.80. The maximum absolute atomic E-state index is 12.9. The van der Waals surface area contributed by atoms with Gasteiger partial charge in [0.15, 0.2) is 0 Å². The number of nitrogens with zero attached hydrogens (tertiary/aromatic N) is 1. The van der Waals surface area contributed by atoms with Crippen LogP contribution in [0, 0.1) is 5.82 Å². The molecule has 0 bridgehead atoms. The molecule has 2 aromatic rings. The van der Waals surface area contributed by atoms with E-state index in [1.807, 2.05) is 12.1 Å². The minimum absolute atomic E-state index is 0.248. The molecular formula is C14H12ClFN2. The van der Waals surface area contributed by atoms with Crippen LogP contribution in [0.5, 0.6) is 0 Å². The molecule has 1 aromatic heterocycles. The maximum atomic E-state index is 12.9. The zero-order valence-electron chi connectivity index (χ0n) is 9.66. The van der Waals surface area contributed by atoms with E-state index in [0.29, 0.717) is 11.2 Å². The van der Waals surface area contributed by atoms with Gasteiger partial charge in [-0.3, -0.25) is 0 Å². The molecule has 2 nitrogen and oxygen atoms in total. The molecule has 0 amide bonds. The average Bonchev–Trinajstić information content (AvgIpc) is 2.26. The van der Waals surface area contributed by atoms with E-state index < -0.39 is 0 Å². The number of benzene rings is 1. The lowest BCUT2D eigenvalue weighted by molar-refractivity contribution is 0.383. The fraction of sp³-hybridized carbons (Fsp3) is 0.214. The number of rotatable bonds is 2. The second-order valence-corrected chi connectivity index (χ2v) is 4.80. The van der Waals surface area contributed by atoms with Crippen molar-refractivity contribution in [1.29, 1.82) is 0 Å². The van der Waals surface area contributed by atoms with Crippen LogP contribution in [0.15, 0.2) is 36.4 Å². The van der Waals surface area contributed by atoms with Crippen molar-refractivity contribution < 1.29 is 4.39 Å². The normalized spacial score (nSPS) is 18.4. The van der Waals surface area contributed by atoms with Crippen molar-refractivity contribution in [3.8, 4) is 11.3 Å². The third-order valence-electron chi connectivity index (χ3n) is 3.18. The van der Waals surface area contributed by atoms with E-state index in [2.05, 4.69) is 10.3 Å². The first-order valence-corrected chi connectivity index (χ1v) is 6.27. The van der Waals surface area contributed by atoms with Gasteiger partial charge in [-0.1, -0.05) is 11.6 Å². The van der Waals surface area contributed by atoms with Crippen LogP contribution in [0.4, 0.5) is 4.39 Å². The number of aromatic nitrogens is 1. The molecule has 92 valence electrons. The fourth-order valence-corrected chi connectivity index (χ4v) is 2.28. The molecule has 1 unspecified atom stereocenters. The molecule has 2 heterocycles. The Morgan fingerprint density at radius 3 is 2.56 bits per heavy atom. The predicted octanol–water partition coefficient (Wildman–Crippen LogP) is 3.58. The van der Waals surface area contributed by atoms with Crippen LogP contribution in [0.1, 0.15) is 18.0 Å². The van der Waals surface area contributed by atoms with E-state index in [0.717, 1.165) is 29.8 Å². The van der Waals surface area contributed by atoms with E-state index in [9.17, 15) is 4.39 Å². The lowest BCUT2D eigenvalue weighted by atomic mass is 9.97. The summed E-state index contributed by atoms with van der Waals surface area (Å²) in [6.07, 6.45) is 1.11. The van der Waals surface area contributed by atoms with Crippen molar-refractivity contribution in [3.05, 3.63) is 52.9 Å². The van der Waals surface area contributed by atoms with Crippen molar-refractivity contribution >= 4 is 11.6 Å². The topological polar surface area (TPSA) is 24.9 Å². The van der Waals surface area contributed by atoms with Gasteiger partial charge >= 0.3 is 0 Å². The van der Waals surface area contributed by atoms with Crippen molar-refractivity contribution in [1.82, 2.24) is 10.3 Å². The molecule has 4 heteroatoms. The molecule has 0 radical (unpaired) electrons. The van der Waals surface area contributed by atoms with Crippen LogP contribution < -0.4 is 5.32 Å². The molecular weight excluding hydrogens is 251 g/mol. The van der Waals surface area contributed by atoms with E-state index in [1.54, 1.807) is 12.1 Å². The van der Waals surface area contributed by atoms with Gasteiger partial charge in [-0.2, -0.15) is 0 Å². The Morgan fingerprint density at radius 1 is 1.22 bits per heavy atom. The quantitative estimate of drug-likeness (QED) is 0.837. The lowest BCUT2D eigenvalue weighted by Gasteiger charge is -2.28. The largest absolute Gasteiger partial charge is 0.310 e. The van der Waals surface area contributed by atoms with Gasteiger partial charge in [0.25, 0.3) is 0 Å². The monoisotopic (exact) mass is 262 g/mol. The fourth-order valence-electron chi connectivity index (χ4n) is 2.06. The number of halogens is 2. The molecule has 1 saturated heterocycles. The van der Waals surface area contributed by atoms with E-state index in [1.165, 1.54) is 12.1 Å². The summed E-state index contributed by atoms with van der Waals surface area (Å²) in [6, 6.07) is 10.5. The van der Waals surface area contributed by atoms with Crippen LogP contribution >= 0.6 is 11.6 Å². The molecule has 0 spiro atoms. The predicted molar refractivity (Wildman–Crippen MR) is 70.0 cm³/mol. The van der Waals surface area contributed by atoms with Crippen LogP contribution in [0.3, 0.4) is 0 Å². The smallest absolute Gasteiger partial charge is 0.130 e. The molecule has 0 saturated carbocycles. The highest BCUT2D eigenvalue weighted by Crippen LogP contribution is 2.28. The second-order valence-electron chi connectivity index (χ2n) is 4.41. The van der Waals surface area contributed by atoms with Gasteiger partial charge in [-0.05, 0) is 54.9 Å². The Morgan fingerprint density at radius 2 is 1.94 bits per heavy atom. The standard InChI is InChI=1S/C14H12ClFN2/c15-14-8-10(12-5-6-17-12)7-13(18-14)9-1-3-11(16)4-2-9/h1-4,7-8,12,17H,5-6H2. The molecule has 1 aliphatic heterocycles. The lowest BCUT2D eigenvalue weighted by Crippen LogP contribution is -2.34. The van der Waals surface area contributed by atoms with Crippen molar-refractivity contribution in [2.75, 3.05) is 6.54 Å². The number of hydrogen-bond donors (Lipinski definition) is 1. The number of hydrogen-bond acceptors (Lipinski definition) is 2. The third kappa shape index (κ3) is 2.24.